The van der Waals surface area contributed by atoms with Gasteiger partial charge in [-0.3, -0.25) is 0 Å². The van der Waals surface area contributed by atoms with Crippen molar-refractivity contribution in [2.45, 2.75) is 70.3 Å². The molecule has 0 bridgehead atoms. The maximum atomic E-state index is 12.1. The molecule has 0 atom stereocenters. The van der Waals surface area contributed by atoms with Crippen LogP contribution in [0.4, 0.5) is 4.79 Å². The number of carbonyl (C=O) groups excluding carboxylic acids is 1. The van der Waals surface area contributed by atoms with Crippen molar-refractivity contribution in [3.63, 3.8) is 0 Å². The molecule has 1 amide bonds. The highest BCUT2D eigenvalue weighted by Gasteiger charge is 2.33. The molecule has 0 heterocycles. The van der Waals surface area contributed by atoms with E-state index < -0.39 is 5.60 Å². The summed E-state index contributed by atoms with van der Waals surface area (Å²) < 4.78 is 6.49. The number of nitrogens with one attached hydrogen (secondary N) is 1. The molecule has 0 aliphatic heterocycles. The first kappa shape index (κ1) is 18.3. The molecule has 1 N–H and O–H groups in total. The molecule has 4 heteroatoms. The zero-order valence-electron chi connectivity index (χ0n) is 14.5. The summed E-state index contributed by atoms with van der Waals surface area (Å²) in [7, 11) is 0. The molecule has 1 aromatic carbocycles. The van der Waals surface area contributed by atoms with Gasteiger partial charge in [0.1, 0.15) is 5.60 Å². The summed E-state index contributed by atoms with van der Waals surface area (Å²) in [6.07, 6.45) is 6.90. The molecule has 128 valence electrons. The second-order valence-electron chi connectivity index (χ2n) is 7.56. The lowest BCUT2D eigenvalue weighted by molar-refractivity contribution is 0.0511. The van der Waals surface area contributed by atoms with Crippen LogP contribution in [0.25, 0.3) is 0 Å². The van der Waals surface area contributed by atoms with Gasteiger partial charge >= 0.3 is 6.09 Å². The van der Waals surface area contributed by atoms with Crippen LogP contribution in [0.1, 0.15) is 64.9 Å². The molecule has 3 nitrogen and oxygen atoms in total. The van der Waals surface area contributed by atoms with Crippen LogP contribution in [0.15, 0.2) is 28.7 Å². The first-order valence-electron chi connectivity index (χ1n) is 8.54. The predicted molar refractivity (Wildman–Crippen MR) is 97.8 cm³/mol. The minimum atomic E-state index is -0.460. The molecule has 1 aromatic rings. The number of hydrogen-bond donors (Lipinski definition) is 1. The first-order chi connectivity index (χ1) is 10.8. The van der Waals surface area contributed by atoms with Gasteiger partial charge in [-0.25, -0.2) is 4.79 Å². The zero-order chi connectivity index (χ0) is 16.9. The summed E-state index contributed by atoms with van der Waals surface area (Å²) in [6.45, 7) is 6.32. The third kappa shape index (κ3) is 5.52. The second kappa shape index (κ2) is 7.69. The SMILES string of the molecule is CC(C)(C)OC(=O)NCC1(c2ccc(Br)cc2)CCCCCC1. The molecule has 1 aliphatic carbocycles. The van der Waals surface area contributed by atoms with E-state index in [2.05, 4.69) is 45.5 Å². The van der Waals surface area contributed by atoms with E-state index in [1.165, 1.54) is 31.2 Å². The van der Waals surface area contributed by atoms with Crippen molar-refractivity contribution in [3.05, 3.63) is 34.3 Å². The number of hydrogen-bond acceptors (Lipinski definition) is 2. The average Bonchev–Trinajstić information content (AvgIpc) is 2.71. The highest BCUT2D eigenvalue weighted by Crippen LogP contribution is 2.38. The van der Waals surface area contributed by atoms with Crippen LogP contribution < -0.4 is 5.32 Å². The minimum Gasteiger partial charge on any atom is -0.444 e. The molecular formula is C19H28BrNO2. The monoisotopic (exact) mass is 381 g/mol. The van der Waals surface area contributed by atoms with E-state index in [0.29, 0.717) is 6.54 Å². The van der Waals surface area contributed by atoms with Crippen LogP contribution >= 0.6 is 15.9 Å². The minimum absolute atomic E-state index is 0.0219. The molecule has 23 heavy (non-hydrogen) atoms. The normalized spacial score (nSPS) is 18.1. The van der Waals surface area contributed by atoms with E-state index in [1.807, 2.05) is 20.8 Å². The van der Waals surface area contributed by atoms with Crippen molar-refractivity contribution < 1.29 is 9.53 Å². The van der Waals surface area contributed by atoms with Gasteiger partial charge in [-0.05, 0) is 51.3 Å². The number of amides is 1. The summed E-state index contributed by atoms with van der Waals surface area (Å²) in [6, 6.07) is 8.56. The third-order valence-corrected chi connectivity index (χ3v) is 5.02. The van der Waals surface area contributed by atoms with Gasteiger partial charge < -0.3 is 10.1 Å². The van der Waals surface area contributed by atoms with Crippen LogP contribution in [0, 0.1) is 0 Å². The fourth-order valence-electron chi connectivity index (χ4n) is 3.33. The van der Waals surface area contributed by atoms with Crippen molar-refractivity contribution in [1.82, 2.24) is 5.32 Å². The highest BCUT2D eigenvalue weighted by molar-refractivity contribution is 9.10. The number of benzene rings is 1. The predicted octanol–water partition coefficient (Wildman–Crippen LogP) is 5.57. The van der Waals surface area contributed by atoms with E-state index >= 15 is 0 Å². The summed E-state index contributed by atoms with van der Waals surface area (Å²) in [4.78, 5) is 12.1. The Morgan fingerprint density at radius 3 is 2.22 bits per heavy atom. The van der Waals surface area contributed by atoms with Gasteiger partial charge in [0.05, 0.1) is 0 Å². The molecule has 0 saturated heterocycles. The van der Waals surface area contributed by atoms with Crippen molar-refractivity contribution in [2.75, 3.05) is 6.54 Å². The molecule has 2 rings (SSSR count). The Morgan fingerprint density at radius 1 is 1.13 bits per heavy atom. The van der Waals surface area contributed by atoms with Gasteiger partial charge in [-0.2, -0.15) is 0 Å². The Labute approximate surface area is 148 Å². The first-order valence-corrected chi connectivity index (χ1v) is 9.33. The van der Waals surface area contributed by atoms with E-state index in [9.17, 15) is 4.79 Å². The van der Waals surface area contributed by atoms with Crippen molar-refractivity contribution in [3.8, 4) is 0 Å². The van der Waals surface area contributed by atoms with Crippen molar-refractivity contribution in [2.24, 2.45) is 0 Å². The van der Waals surface area contributed by atoms with E-state index in [-0.39, 0.29) is 11.5 Å². The van der Waals surface area contributed by atoms with Crippen molar-refractivity contribution in [1.29, 1.82) is 0 Å². The number of halogens is 1. The molecule has 1 fully saturated rings. The van der Waals surface area contributed by atoms with E-state index in [1.54, 1.807) is 0 Å². The topological polar surface area (TPSA) is 38.3 Å². The Morgan fingerprint density at radius 2 is 1.70 bits per heavy atom. The van der Waals surface area contributed by atoms with Crippen LogP contribution in [0.2, 0.25) is 0 Å². The number of rotatable bonds is 3. The van der Waals surface area contributed by atoms with Crippen LogP contribution in [0.5, 0.6) is 0 Å². The molecule has 0 unspecified atom stereocenters. The van der Waals surface area contributed by atoms with Gasteiger partial charge in [-0.15, -0.1) is 0 Å². The van der Waals surface area contributed by atoms with Gasteiger partial charge in [0.15, 0.2) is 0 Å². The maximum Gasteiger partial charge on any atom is 0.407 e. The van der Waals surface area contributed by atoms with Crippen LogP contribution in [0.3, 0.4) is 0 Å². The Hall–Kier alpha value is -1.03. The lowest BCUT2D eigenvalue weighted by Gasteiger charge is -2.34. The van der Waals surface area contributed by atoms with Gasteiger partial charge in [0.2, 0.25) is 0 Å². The molecular weight excluding hydrogens is 354 g/mol. The number of carbonyl (C=O) groups is 1. The standard InChI is InChI=1S/C19H28BrNO2/c1-18(2,3)23-17(22)21-14-19(12-6-4-5-7-13-19)15-8-10-16(20)11-9-15/h8-11H,4-7,12-14H2,1-3H3,(H,21,22). The second-order valence-corrected chi connectivity index (χ2v) is 8.47. The molecule has 0 aromatic heterocycles. The number of alkyl carbamates (subject to hydrolysis) is 1. The smallest absolute Gasteiger partial charge is 0.407 e. The third-order valence-electron chi connectivity index (χ3n) is 4.49. The maximum absolute atomic E-state index is 12.1. The summed E-state index contributed by atoms with van der Waals surface area (Å²) >= 11 is 3.51. The zero-order valence-corrected chi connectivity index (χ0v) is 16.0. The van der Waals surface area contributed by atoms with E-state index in [4.69, 9.17) is 4.74 Å². The van der Waals surface area contributed by atoms with Gasteiger partial charge in [0, 0.05) is 16.4 Å². The number of ether oxygens (including phenoxy) is 1. The fraction of sp³-hybridized carbons (Fsp3) is 0.632. The van der Waals surface area contributed by atoms with E-state index in [0.717, 1.165) is 17.3 Å². The van der Waals surface area contributed by atoms with Crippen LogP contribution in [-0.2, 0) is 10.2 Å². The fourth-order valence-corrected chi connectivity index (χ4v) is 3.60. The van der Waals surface area contributed by atoms with Gasteiger partial charge in [-0.1, -0.05) is 53.7 Å². The lowest BCUT2D eigenvalue weighted by Crippen LogP contribution is -2.42. The highest BCUT2D eigenvalue weighted by atomic mass is 79.9. The Bertz CT molecular complexity index is 511. The molecule has 0 radical (unpaired) electrons. The quantitative estimate of drug-likeness (QED) is 0.695. The average molecular weight is 382 g/mol. The molecule has 0 spiro atoms. The van der Waals surface area contributed by atoms with Crippen molar-refractivity contribution >= 4 is 22.0 Å². The lowest BCUT2D eigenvalue weighted by atomic mass is 9.74. The molecule has 1 aliphatic rings. The molecule has 1 saturated carbocycles. The van der Waals surface area contributed by atoms with Crippen LogP contribution in [-0.4, -0.2) is 18.2 Å². The Balaban J connectivity index is 2.14. The summed E-state index contributed by atoms with van der Waals surface area (Å²) in [5.74, 6) is 0. The summed E-state index contributed by atoms with van der Waals surface area (Å²) in [5.41, 5.74) is 0.880. The summed E-state index contributed by atoms with van der Waals surface area (Å²) in [5, 5.41) is 3.02. The van der Waals surface area contributed by atoms with Gasteiger partial charge in [0.25, 0.3) is 0 Å². The largest absolute Gasteiger partial charge is 0.444 e. The Kier molecular flexibility index (Phi) is 6.12.